The van der Waals surface area contributed by atoms with E-state index in [1.54, 1.807) is 0 Å². The molecule has 24 heavy (non-hydrogen) atoms. The van der Waals surface area contributed by atoms with Gasteiger partial charge in [0.05, 0.1) is 6.04 Å². The van der Waals surface area contributed by atoms with Crippen molar-refractivity contribution in [1.29, 1.82) is 0 Å². The summed E-state index contributed by atoms with van der Waals surface area (Å²) >= 11 is 3.66. The molecule has 2 aromatic carbocycles. The number of aliphatic carboxylic acids is 1. The molecule has 0 saturated carbocycles. The Balaban J connectivity index is 2.14. The Labute approximate surface area is 151 Å². The van der Waals surface area contributed by atoms with E-state index in [-0.39, 0.29) is 6.04 Å². The summed E-state index contributed by atoms with van der Waals surface area (Å²) < 4.78 is 1.02. The normalized spacial score (nSPS) is 19.4. The van der Waals surface area contributed by atoms with Crippen LogP contribution in [0.1, 0.15) is 41.1 Å². The number of hydrogen-bond acceptors (Lipinski definition) is 2. The monoisotopic (exact) mass is 387 g/mol. The molecule has 1 aliphatic rings. The molecule has 126 valence electrons. The predicted octanol–water partition coefficient (Wildman–Crippen LogP) is 4.70. The number of carboxylic acid groups (broad SMARTS) is 1. The first-order valence-electron chi connectivity index (χ1n) is 8.28. The van der Waals surface area contributed by atoms with E-state index in [0.29, 0.717) is 6.42 Å². The average Bonchev–Trinajstić information content (AvgIpc) is 2.98. The van der Waals surface area contributed by atoms with Crippen LogP contribution in [0.5, 0.6) is 0 Å². The Kier molecular flexibility index (Phi) is 5.07. The molecule has 2 unspecified atom stereocenters. The standard InChI is InChI=1S/C20H22BrNO2/c1-13-10-14(2)12-15(11-13)19(16-6-3-4-7-17(16)21)22-9-5-8-18(22)20(23)24/h3-4,6-7,10-12,18-19H,5,8-9H2,1-2H3,(H,23,24). The summed E-state index contributed by atoms with van der Waals surface area (Å²) in [5, 5.41) is 9.65. The van der Waals surface area contributed by atoms with Crippen LogP contribution in [0.25, 0.3) is 0 Å². The van der Waals surface area contributed by atoms with Crippen LogP contribution in [0.3, 0.4) is 0 Å². The van der Waals surface area contributed by atoms with Crippen molar-refractivity contribution in [2.24, 2.45) is 0 Å². The minimum absolute atomic E-state index is 0.0530. The molecule has 1 aliphatic heterocycles. The molecular formula is C20H22BrNO2. The van der Waals surface area contributed by atoms with Crippen molar-refractivity contribution >= 4 is 21.9 Å². The lowest BCUT2D eigenvalue weighted by molar-refractivity contribution is -0.142. The molecule has 3 nitrogen and oxygen atoms in total. The van der Waals surface area contributed by atoms with E-state index in [2.05, 4.69) is 58.9 Å². The lowest BCUT2D eigenvalue weighted by atomic mass is 9.93. The smallest absolute Gasteiger partial charge is 0.320 e. The number of halogens is 1. The maximum Gasteiger partial charge on any atom is 0.320 e. The van der Waals surface area contributed by atoms with Crippen LogP contribution in [0.2, 0.25) is 0 Å². The van der Waals surface area contributed by atoms with E-state index >= 15 is 0 Å². The molecule has 2 aromatic rings. The minimum Gasteiger partial charge on any atom is -0.480 e. The molecule has 1 saturated heterocycles. The van der Waals surface area contributed by atoms with Gasteiger partial charge in [-0.05, 0) is 43.9 Å². The van der Waals surface area contributed by atoms with Gasteiger partial charge in [-0.2, -0.15) is 0 Å². The third-order valence-corrected chi connectivity index (χ3v) is 5.39. The molecule has 0 aliphatic carbocycles. The first-order chi connectivity index (χ1) is 11.5. The van der Waals surface area contributed by atoms with E-state index < -0.39 is 12.0 Å². The summed E-state index contributed by atoms with van der Waals surface area (Å²) in [5.41, 5.74) is 4.68. The van der Waals surface area contributed by atoms with Gasteiger partial charge in [0.25, 0.3) is 0 Å². The van der Waals surface area contributed by atoms with Crippen LogP contribution in [0.4, 0.5) is 0 Å². The number of aryl methyl sites for hydroxylation is 2. The fourth-order valence-electron chi connectivity index (χ4n) is 3.78. The van der Waals surface area contributed by atoms with Gasteiger partial charge >= 0.3 is 5.97 Å². The number of carboxylic acids is 1. The van der Waals surface area contributed by atoms with Crippen LogP contribution in [0.15, 0.2) is 46.9 Å². The number of hydrogen-bond donors (Lipinski definition) is 1. The fraction of sp³-hybridized carbons (Fsp3) is 0.350. The zero-order valence-electron chi connectivity index (χ0n) is 14.0. The largest absolute Gasteiger partial charge is 0.480 e. The number of rotatable bonds is 4. The SMILES string of the molecule is Cc1cc(C)cc(C(c2ccccc2Br)N2CCCC2C(=O)O)c1. The maximum absolute atomic E-state index is 11.7. The number of benzene rings is 2. The van der Waals surface area contributed by atoms with Gasteiger partial charge in [0.15, 0.2) is 0 Å². The Morgan fingerprint density at radius 2 is 1.88 bits per heavy atom. The van der Waals surface area contributed by atoms with Crippen molar-refractivity contribution in [2.75, 3.05) is 6.54 Å². The van der Waals surface area contributed by atoms with Gasteiger partial charge in [-0.3, -0.25) is 9.69 Å². The summed E-state index contributed by atoms with van der Waals surface area (Å²) in [6.07, 6.45) is 1.63. The lowest BCUT2D eigenvalue weighted by Gasteiger charge is -2.33. The highest BCUT2D eigenvalue weighted by atomic mass is 79.9. The third kappa shape index (κ3) is 3.40. The first-order valence-corrected chi connectivity index (χ1v) is 9.08. The van der Waals surface area contributed by atoms with E-state index in [9.17, 15) is 9.90 Å². The molecule has 4 heteroatoms. The second-order valence-corrected chi connectivity index (χ2v) is 7.43. The topological polar surface area (TPSA) is 40.5 Å². The minimum atomic E-state index is -0.728. The van der Waals surface area contributed by atoms with Crippen LogP contribution in [-0.2, 0) is 4.79 Å². The predicted molar refractivity (Wildman–Crippen MR) is 99.3 cm³/mol. The Hall–Kier alpha value is -1.65. The second-order valence-electron chi connectivity index (χ2n) is 6.58. The van der Waals surface area contributed by atoms with Crippen LogP contribution < -0.4 is 0 Å². The number of likely N-dealkylation sites (tertiary alicyclic amines) is 1. The molecule has 0 spiro atoms. The molecule has 2 atom stereocenters. The molecule has 1 N–H and O–H groups in total. The zero-order chi connectivity index (χ0) is 17.3. The second kappa shape index (κ2) is 7.08. The van der Waals surface area contributed by atoms with E-state index in [4.69, 9.17) is 0 Å². The Bertz CT molecular complexity index is 739. The highest BCUT2D eigenvalue weighted by molar-refractivity contribution is 9.10. The van der Waals surface area contributed by atoms with Crippen molar-refractivity contribution in [3.8, 4) is 0 Å². The van der Waals surface area contributed by atoms with Crippen molar-refractivity contribution < 1.29 is 9.90 Å². The number of carbonyl (C=O) groups is 1. The van der Waals surface area contributed by atoms with Crippen LogP contribution in [0, 0.1) is 13.8 Å². The van der Waals surface area contributed by atoms with E-state index in [1.165, 1.54) is 11.1 Å². The molecule has 3 rings (SSSR count). The Morgan fingerprint density at radius 1 is 1.21 bits per heavy atom. The van der Waals surface area contributed by atoms with Crippen molar-refractivity contribution in [2.45, 2.75) is 38.8 Å². The molecule has 0 aromatic heterocycles. The van der Waals surface area contributed by atoms with Gasteiger partial charge < -0.3 is 5.11 Å². The fourth-order valence-corrected chi connectivity index (χ4v) is 4.28. The van der Waals surface area contributed by atoms with E-state index in [0.717, 1.165) is 28.6 Å². The summed E-state index contributed by atoms with van der Waals surface area (Å²) in [6.45, 7) is 4.98. The summed E-state index contributed by atoms with van der Waals surface area (Å²) in [7, 11) is 0. The Morgan fingerprint density at radius 3 is 2.50 bits per heavy atom. The van der Waals surface area contributed by atoms with Gasteiger partial charge in [-0.1, -0.05) is 63.5 Å². The highest BCUT2D eigenvalue weighted by Gasteiger charge is 2.37. The molecule has 0 bridgehead atoms. The molecular weight excluding hydrogens is 366 g/mol. The first kappa shape index (κ1) is 17.2. The van der Waals surface area contributed by atoms with Gasteiger partial charge in [0, 0.05) is 11.0 Å². The van der Waals surface area contributed by atoms with Crippen LogP contribution >= 0.6 is 15.9 Å². The van der Waals surface area contributed by atoms with E-state index in [1.807, 2.05) is 18.2 Å². The number of nitrogens with zero attached hydrogens (tertiary/aromatic N) is 1. The quantitative estimate of drug-likeness (QED) is 0.825. The van der Waals surface area contributed by atoms with Crippen LogP contribution in [-0.4, -0.2) is 28.6 Å². The van der Waals surface area contributed by atoms with Crippen molar-refractivity contribution in [1.82, 2.24) is 4.90 Å². The van der Waals surface area contributed by atoms with Gasteiger partial charge in [-0.15, -0.1) is 0 Å². The van der Waals surface area contributed by atoms with Gasteiger partial charge in [0.2, 0.25) is 0 Å². The lowest BCUT2D eigenvalue weighted by Crippen LogP contribution is -2.39. The average molecular weight is 388 g/mol. The summed E-state index contributed by atoms with van der Waals surface area (Å²) in [5.74, 6) is -0.728. The zero-order valence-corrected chi connectivity index (χ0v) is 15.6. The summed E-state index contributed by atoms with van der Waals surface area (Å²) in [6, 6.07) is 14.1. The highest BCUT2D eigenvalue weighted by Crippen LogP contribution is 2.38. The maximum atomic E-state index is 11.7. The summed E-state index contributed by atoms with van der Waals surface area (Å²) in [4.78, 5) is 13.9. The molecule has 1 heterocycles. The third-order valence-electron chi connectivity index (χ3n) is 4.67. The van der Waals surface area contributed by atoms with Crippen molar-refractivity contribution in [3.63, 3.8) is 0 Å². The van der Waals surface area contributed by atoms with Crippen molar-refractivity contribution in [3.05, 3.63) is 69.2 Å². The van der Waals surface area contributed by atoms with Gasteiger partial charge in [0.1, 0.15) is 6.04 Å². The molecule has 0 radical (unpaired) electrons. The van der Waals surface area contributed by atoms with Gasteiger partial charge in [-0.25, -0.2) is 0 Å². The molecule has 1 fully saturated rings. The molecule has 0 amide bonds.